The van der Waals surface area contributed by atoms with Crippen LogP contribution in [0, 0.1) is 0 Å². The minimum atomic E-state index is 0. The van der Waals surface area contributed by atoms with Crippen LogP contribution in [0.5, 0.6) is 11.5 Å². The van der Waals surface area contributed by atoms with E-state index in [-0.39, 0.29) is 24.0 Å². The summed E-state index contributed by atoms with van der Waals surface area (Å²) in [5.41, 5.74) is 9.06. The van der Waals surface area contributed by atoms with Crippen LogP contribution in [0.3, 0.4) is 0 Å². The number of hydrogen-bond donors (Lipinski definition) is 2. The van der Waals surface area contributed by atoms with Crippen molar-refractivity contribution in [1.29, 1.82) is 0 Å². The van der Waals surface area contributed by atoms with E-state index >= 15 is 0 Å². The first-order chi connectivity index (χ1) is 14.6. The van der Waals surface area contributed by atoms with Crippen LogP contribution in [0.4, 0.5) is 0 Å². The van der Waals surface area contributed by atoms with E-state index in [0.717, 1.165) is 24.0 Å². The molecule has 0 aliphatic heterocycles. The van der Waals surface area contributed by atoms with Crippen molar-refractivity contribution in [2.75, 3.05) is 20.8 Å². The number of benzene rings is 2. The Morgan fingerprint density at radius 1 is 1.06 bits per heavy atom. The van der Waals surface area contributed by atoms with E-state index in [9.17, 15) is 0 Å². The van der Waals surface area contributed by atoms with E-state index in [4.69, 9.17) is 19.7 Å². The average molecular weight is 537 g/mol. The number of nitrogens with zero attached hydrogens (tertiary/aromatic N) is 3. The van der Waals surface area contributed by atoms with Crippen LogP contribution < -0.4 is 20.5 Å². The Hall–Kier alpha value is -2.82. The van der Waals surface area contributed by atoms with E-state index in [1.807, 2.05) is 49.4 Å². The van der Waals surface area contributed by atoms with Gasteiger partial charge in [-0.25, -0.2) is 4.99 Å². The Morgan fingerprint density at radius 2 is 1.77 bits per heavy atom. The van der Waals surface area contributed by atoms with Gasteiger partial charge < -0.3 is 25.0 Å². The van der Waals surface area contributed by atoms with Gasteiger partial charge in [-0.1, -0.05) is 30.3 Å². The Labute approximate surface area is 199 Å². The fraction of sp³-hybridized carbons (Fsp3) is 0.318. The maximum absolute atomic E-state index is 5.98. The van der Waals surface area contributed by atoms with Crippen LogP contribution in [-0.4, -0.2) is 36.9 Å². The van der Waals surface area contributed by atoms with Gasteiger partial charge in [0, 0.05) is 18.5 Å². The molecule has 0 bridgehead atoms. The highest BCUT2D eigenvalue weighted by atomic mass is 127. The molecule has 0 saturated carbocycles. The summed E-state index contributed by atoms with van der Waals surface area (Å²) in [4.78, 5) is 8.72. The van der Waals surface area contributed by atoms with Gasteiger partial charge in [-0.2, -0.15) is 4.98 Å². The second-order valence-corrected chi connectivity index (χ2v) is 6.63. The molecule has 0 amide bonds. The number of nitrogens with two attached hydrogens (primary N) is 1. The lowest BCUT2D eigenvalue weighted by Crippen LogP contribution is -2.33. The summed E-state index contributed by atoms with van der Waals surface area (Å²) in [6.45, 7) is 3.13. The zero-order valence-corrected chi connectivity index (χ0v) is 20.3. The maximum atomic E-state index is 5.98. The SMILES string of the molecule is CCc1noc(-c2ccc(CCNC(N)=NCc3ccc(OC)c(OC)c3)cc2)n1.I. The lowest BCUT2D eigenvalue weighted by atomic mass is 10.1. The Bertz CT molecular complexity index is 989. The zero-order chi connectivity index (χ0) is 21.3. The average Bonchev–Trinajstić information content (AvgIpc) is 3.27. The molecule has 3 N–H and O–H groups in total. The van der Waals surface area contributed by atoms with Gasteiger partial charge in [0.05, 0.1) is 20.8 Å². The summed E-state index contributed by atoms with van der Waals surface area (Å²) < 4.78 is 15.8. The van der Waals surface area contributed by atoms with Crippen LogP contribution in [0.1, 0.15) is 23.9 Å². The topological polar surface area (TPSA) is 108 Å². The maximum Gasteiger partial charge on any atom is 0.257 e. The number of aryl methyl sites for hydroxylation is 1. The molecule has 3 rings (SSSR count). The van der Waals surface area contributed by atoms with Gasteiger partial charge in [0.25, 0.3) is 5.89 Å². The van der Waals surface area contributed by atoms with Crippen LogP contribution in [0.2, 0.25) is 0 Å². The number of rotatable bonds is 9. The predicted molar refractivity (Wildman–Crippen MR) is 131 cm³/mol. The van der Waals surface area contributed by atoms with Crippen molar-refractivity contribution in [3.05, 3.63) is 59.4 Å². The van der Waals surface area contributed by atoms with E-state index in [2.05, 4.69) is 20.4 Å². The molecule has 0 aliphatic rings. The summed E-state index contributed by atoms with van der Waals surface area (Å²) in [6.07, 6.45) is 1.57. The first-order valence-corrected chi connectivity index (χ1v) is 9.79. The third-order valence-electron chi connectivity index (χ3n) is 4.58. The normalized spacial score (nSPS) is 11.0. The van der Waals surface area contributed by atoms with Crippen molar-refractivity contribution in [3.8, 4) is 23.0 Å². The molecule has 0 spiro atoms. The standard InChI is InChI=1S/C22H27N5O3.HI/c1-4-20-26-21(30-27-20)17-8-5-15(6-9-17)11-12-24-22(23)25-14-16-7-10-18(28-2)19(13-16)29-3;/h5-10,13H,4,11-12,14H2,1-3H3,(H3,23,24,25);1H. The van der Waals surface area contributed by atoms with Crippen molar-refractivity contribution in [2.45, 2.75) is 26.3 Å². The molecule has 0 atom stereocenters. The molecule has 2 aromatic carbocycles. The third kappa shape index (κ3) is 6.84. The van der Waals surface area contributed by atoms with Crippen LogP contribution in [0.25, 0.3) is 11.5 Å². The molecule has 0 aliphatic carbocycles. The zero-order valence-electron chi connectivity index (χ0n) is 17.9. The van der Waals surface area contributed by atoms with Crippen molar-refractivity contribution in [3.63, 3.8) is 0 Å². The monoisotopic (exact) mass is 537 g/mol. The van der Waals surface area contributed by atoms with Crippen LogP contribution in [-0.2, 0) is 19.4 Å². The first kappa shape index (κ1) is 24.4. The highest BCUT2D eigenvalue weighted by molar-refractivity contribution is 14.0. The lowest BCUT2D eigenvalue weighted by molar-refractivity contribution is 0.354. The van der Waals surface area contributed by atoms with Gasteiger partial charge in [-0.05, 0) is 41.8 Å². The predicted octanol–water partition coefficient (Wildman–Crippen LogP) is 3.58. The Morgan fingerprint density at radius 3 is 2.42 bits per heavy atom. The first-order valence-electron chi connectivity index (χ1n) is 9.79. The summed E-state index contributed by atoms with van der Waals surface area (Å²) in [7, 11) is 3.22. The lowest BCUT2D eigenvalue weighted by Gasteiger charge is -2.09. The fourth-order valence-electron chi connectivity index (χ4n) is 2.88. The van der Waals surface area contributed by atoms with Gasteiger partial charge in [-0.3, -0.25) is 0 Å². The molecular formula is C22H28IN5O3. The summed E-state index contributed by atoms with van der Waals surface area (Å²) >= 11 is 0. The van der Waals surface area contributed by atoms with Crippen LogP contribution in [0.15, 0.2) is 52.0 Å². The van der Waals surface area contributed by atoms with Crippen molar-refractivity contribution < 1.29 is 14.0 Å². The number of ether oxygens (including phenoxy) is 2. The molecule has 3 aromatic rings. The molecule has 8 nitrogen and oxygen atoms in total. The fourth-order valence-corrected chi connectivity index (χ4v) is 2.88. The summed E-state index contributed by atoms with van der Waals surface area (Å²) in [5.74, 6) is 3.02. The molecule has 166 valence electrons. The van der Waals surface area contributed by atoms with Crippen LogP contribution >= 0.6 is 24.0 Å². The molecule has 1 heterocycles. The highest BCUT2D eigenvalue weighted by Crippen LogP contribution is 2.27. The third-order valence-corrected chi connectivity index (χ3v) is 4.58. The second-order valence-electron chi connectivity index (χ2n) is 6.63. The summed E-state index contributed by atoms with van der Waals surface area (Å²) in [6, 6.07) is 13.7. The highest BCUT2D eigenvalue weighted by Gasteiger charge is 2.07. The number of aromatic nitrogens is 2. The number of methoxy groups -OCH3 is 2. The number of aliphatic imine (C=N–C) groups is 1. The van der Waals surface area contributed by atoms with Crippen molar-refractivity contribution in [1.82, 2.24) is 15.5 Å². The van der Waals surface area contributed by atoms with Gasteiger partial charge in [0.1, 0.15) is 0 Å². The summed E-state index contributed by atoms with van der Waals surface area (Å²) in [5, 5.41) is 7.06. The minimum Gasteiger partial charge on any atom is -0.493 e. The second kappa shape index (κ2) is 12.1. The number of halogens is 1. The molecule has 0 radical (unpaired) electrons. The van der Waals surface area contributed by atoms with Gasteiger partial charge in [-0.15, -0.1) is 24.0 Å². The molecule has 31 heavy (non-hydrogen) atoms. The minimum absolute atomic E-state index is 0. The Kier molecular flexibility index (Phi) is 9.57. The van der Waals surface area contributed by atoms with E-state index in [1.165, 1.54) is 5.56 Å². The smallest absolute Gasteiger partial charge is 0.257 e. The number of guanidine groups is 1. The van der Waals surface area contributed by atoms with Gasteiger partial charge in [0.15, 0.2) is 23.3 Å². The molecule has 0 saturated heterocycles. The van der Waals surface area contributed by atoms with E-state index in [1.54, 1.807) is 14.2 Å². The quantitative estimate of drug-likeness (QED) is 0.244. The van der Waals surface area contributed by atoms with E-state index < -0.39 is 0 Å². The largest absolute Gasteiger partial charge is 0.493 e. The van der Waals surface area contributed by atoms with E-state index in [0.29, 0.717) is 42.3 Å². The Balaban J connectivity index is 0.00000341. The molecular weight excluding hydrogens is 509 g/mol. The van der Waals surface area contributed by atoms with Gasteiger partial charge in [0.2, 0.25) is 0 Å². The molecule has 9 heteroatoms. The van der Waals surface area contributed by atoms with Crippen molar-refractivity contribution in [2.24, 2.45) is 10.7 Å². The molecule has 0 unspecified atom stereocenters. The number of nitrogens with one attached hydrogen (secondary N) is 1. The molecule has 1 aromatic heterocycles. The van der Waals surface area contributed by atoms with Gasteiger partial charge >= 0.3 is 0 Å². The van der Waals surface area contributed by atoms with Crippen molar-refractivity contribution >= 4 is 29.9 Å². The number of hydrogen-bond acceptors (Lipinski definition) is 6. The molecule has 0 fully saturated rings.